The zero-order valence-electron chi connectivity index (χ0n) is 12.4. The fourth-order valence-electron chi connectivity index (χ4n) is 2.17. The van der Waals surface area contributed by atoms with Crippen LogP contribution < -0.4 is 10.1 Å². The lowest BCUT2D eigenvalue weighted by atomic mass is 10.0. The Kier molecular flexibility index (Phi) is 5.76. The van der Waals surface area contributed by atoms with Gasteiger partial charge >= 0.3 is 0 Å². The third kappa shape index (κ3) is 3.97. The minimum atomic E-state index is -0.344. The van der Waals surface area contributed by atoms with Crippen molar-refractivity contribution in [1.29, 1.82) is 0 Å². The van der Waals surface area contributed by atoms with Crippen LogP contribution >= 0.6 is 22.6 Å². The summed E-state index contributed by atoms with van der Waals surface area (Å²) >= 11 is 1.97. The van der Waals surface area contributed by atoms with Crippen LogP contribution in [0.3, 0.4) is 0 Å². The SMILES string of the molecule is CCC(NC(=O)c1ccc(F)cc1I)c1ccc(OC)cc1. The number of hydrogen-bond acceptors (Lipinski definition) is 2. The molecule has 2 aromatic carbocycles. The van der Waals surface area contributed by atoms with Gasteiger partial charge in [-0.25, -0.2) is 4.39 Å². The van der Waals surface area contributed by atoms with Crippen molar-refractivity contribution in [1.82, 2.24) is 5.32 Å². The van der Waals surface area contributed by atoms with E-state index in [0.717, 1.165) is 17.7 Å². The predicted octanol–water partition coefficient (Wildman–Crippen LogP) is 4.32. The fourth-order valence-corrected chi connectivity index (χ4v) is 2.89. The van der Waals surface area contributed by atoms with Crippen LogP contribution in [0.15, 0.2) is 42.5 Å². The molecule has 2 aromatic rings. The maximum atomic E-state index is 13.1. The Balaban J connectivity index is 2.16. The van der Waals surface area contributed by atoms with Crippen molar-refractivity contribution in [3.05, 3.63) is 63.0 Å². The van der Waals surface area contributed by atoms with Crippen LogP contribution in [0.25, 0.3) is 0 Å². The second-order valence-corrected chi connectivity index (χ2v) is 5.99. The second-order valence-electron chi connectivity index (χ2n) is 4.83. The Bertz CT molecular complexity index is 658. The topological polar surface area (TPSA) is 38.3 Å². The van der Waals surface area contributed by atoms with Crippen LogP contribution in [-0.2, 0) is 0 Å². The lowest BCUT2D eigenvalue weighted by molar-refractivity contribution is 0.0934. The molecule has 0 spiro atoms. The first-order valence-electron chi connectivity index (χ1n) is 6.95. The van der Waals surface area contributed by atoms with Crippen molar-refractivity contribution < 1.29 is 13.9 Å². The first-order chi connectivity index (χ1) is 10.5. The fraction of sp³-hybridized carbons (Fsp3) is 0.235. The molecule has 1 amide bonds. The van der Waals surface area contributed by atoms with Gasteiger partial charge in [-0.05, 0) is 64.9 Å². The Morgan fingerprint density at radius 2 is 1.95 bits per heavy atom. The van der Waals surface area contributed by atoms with E-state index in [0.29, 0.717) is 9.13 Å². The molecule has 1 unspecified atom stereocenters. The zero-order chi connectivity index (χ0) is 16.1. The van der Waals surface area contributed by atoms with Gasteiger partial charge in [0, 0.05) is 3.57 Å². The minimum Gasteiger partial charge on any atom is -0.497 e. The van der Waals surface area contributed by atoms with Crippen LogP contribution in [-0.4, -0.2) is 13.0 Å². The van der Waals surface area contributed by atoms with Gasteiger partial charge in [0.2, 0.25) is 0 Å². The number of carbonyl (C=O) groups excluding carboxylic acids is 1. The normalized spacial score (nSPS) is 11.8. The number of methoxy groups -OCH3 is 1. The lowest BCUT2D eigenvalue weighted by Crippen LogP contribution is -2.28. The van der Waals surface area contributed by atoms with E-state index in [1.54, 1.807) is 7.11 Å². The zero-order valence-corrected chi connectivity index (χ0v) is 14.6. The summed E-state index contributed by atoms with van der Waals surface area (Å²) in [5.74, 6) is 0.230. The Hall–Kier alpha value is -1.63. The summed E-state index contributed by atoms with van der Waals surface area (Å²) in [5, 5.41) is 2.99. The molecule has 1 atom stereocenters. The highest BCUT2D eigenvalue weighted by atomic mass is 127. The first-order valence-corrected chi connectivity index (χ1v) is 8.03. The molecule has 0 bridgehead atoms. The molecule has 1 N–H and O–H groups in total. The van der Waals surface area contributed by atoms with Gasteiger partial charge in [-0.1, -0.05) is 19.1 Å². The Morgan fingerprint density at radius 1 is 1.27 bits per heavy atom. The number of halogens is 2. The number of benzene rings is 2. The molecule has 0 aromatic heterocycles. The second kappa shape index (κ2) is 7.58. The monoisotopic (exact) mass is 413 g/mol. The summed E-state index contributed by atoms with van der Waals surface area (Å²) in [6.07, 6.45) is 0.760. The standard InChI is InChI=1S/C17H17FINO2/c1-3-16(11-4-7-13(22-2)8-5-11)20-17(21)14-9-6-12(18)10-15(14)19/h4-10,16H,3H2,1-2H3,(H,20,21). The van der Waals surface area contributed by atoms with E-state index < -0.39 is 0 Å². The molecule has 0 saturated heterocycles. The highest BCUT2D eigenvalue weighted by Gasteiger charge is 2.16. The van der Waals surface area contributed by atoms with E-state index >= 15 is 0 Å². The van der Waals surface area contributed by atoms with E-state index in [-0.39, 0.29) is 17.8 Å². The third-order valence-electron chi connectivity index (χ3n) is 3.41. The minimum absolute atomic E-state index is 0.0979. The van der Waals surface area contributed by atoms with Gasteiger partial charge < -0.3 is 10.1 Å². The quantitative estimate of drug-likeness (QED) is 0.742. The number of amides is 1. The maximum Gasteiger partial charge on any atom is 0.252 e. The van der Waals surface area contributed by atoms with Gasteiger partial charge in [-0.15, -0.1) is 0 Å². The molecule has 0 fully saturated rings. The average molecular weight is 413 g/mol. The van der Waals surface area contributed by atoms with E-state index in [4.69, 9.17) is 4.74 Å². The molecule has 0 radical (unpaired) electrons. The van der Waals surface area contributed by atoms with E-state index in [9.17, 15) is 9.18 Å². The molecule has 22 heavy (non-hydrogen) atoms. The van der Waals surface area contributed by atoms with Gasteiger partial charge in [0.25, 0.3) is 5.91 Å². The van der Waals surface area contributed by atoms with E-state index in [1.165, 1.54) is 18.2 Å². The summed E-state index contributed by atoms with van der Waals surface area (Å²) in [5.41, 5.74) is 1.49. The molecule has 0 aliphatic heterocycles. The molecule has 116 valence electrons. The van der Waals surface area contributed by atoms with Crippen molar-refractivity contribution in [3.8, 4) is 5.75 Å². The van der Waals surface area contributed by atoms with Gasteiger partial charge in [0.1, 0.15) is 11.6 Å². The number of rotatable bonds is 5. The molecular weight excluding hydrogens is 396 g/mol. The van der Waals surface area contributed by atoms with Crippen molar-refractivity contribution in [2.24, 2.45) is 0 Å². The van der Waals surface area contributed by atoms with Crippen LogP contribution in [0.4, 0.5) is 4.39 Å². The molecule has 2 rings (SSSR count). The number of ether oxygens (including phenoxy) is 1. The van der Waals surface area contributed by atoms with Crippen molar-refractivity contribution in [3.63, 3.8) is 0 Å². The lowest BCUT2D eigenvalue weighted by Gasteiger charge is -2.18. The molecule has 0 aliphatic rings. The largest absolute Gasteiger partial charge is 0.497 e. The highest BCUT2D eigenvalue weighted by Crippen LogP contribution is 2.21. The highest BCUT2D eigenvalue weighted by molar-refractivity contribution is 14.1. The summed E-state index contributed by atoms with van der Waals surface area (Å²) in [6, 6.07) is 11.7. The summed E-state index contributed by atoms with van der Waals surface area (Å²) in [6.45, 7) is 2.00. The summed E-state index contributed by atoms with van der Waals surface area (Å²) in [7, 11) is 1.62. The van der Waals surface area contributed by atoms with E-state index in [2.05, 4.69) is 5.32 Å². The Labute approximate surface area is 143 Å². The molecule has 0 heterocycles. The van der Waals surface area contributed by atoms with Crippen LogP contribution in [0.5, 0.6) is 5.75 Å². The molecule has 5 heteroatoms. The number of hydrogen-bond donors (Lipinski definition) is 1. The van der Waals surface area contributed by atoms with Crippen molar-refractivity contribution in [2.45, 2.75) is 19.4 Å². The molecule has 3 nitrogen and oxygen atoms in total. The smallest absolute Gasteiger partial charge is 0.252 e. The first kappa shape index (κ1) is 16.7. The number of carbonyl (C=O) groups is 1. The van der Waals surface area contributed by atoms with Gasteiger partial charge in [-0.3, -0.25) is 4.79 Å². The van der Waals surface area contributed by atoms with E-state index in [1.807, 2.05) is 53.8 Å². The molecule has 0 saturated carbocycles. The predicted molar refractivity (Wildman–Crippen MR) is 92.6 cm³/mol. The molecule has 0 aliphatic carbocycles. The van der Waals surface area contributed by atoms with Crippen LogP contribution in [0, 0.1) is 9.39 Å². The van der Waals surface area contributed by atoms with Gasteiger partial charge in [-0.2, -0.15) is 0 Å². The molecular formula is C17H17FINO2. The van der Waals surface area contributed by atoms with Crippen molar-refractivity contribution in [2.75, 3.05) is 7.11 Å². The average Bonchev–Trinajstić information content (AvgIpc) is 2.52. The summed E-state index contributed by atoms with van der Waals surface area (Å²) in [4.78, 5) is 12.4. The van der Waals surface area contributed by atoms with Crippen LogP contribution in [0.2, 0.25) is 0 Å². The van der Waals surface area contributed by atoms with Gasteiger partial charge in [0.15, 0.2) is 0 Å². The third-order valence-corrected chi connectivity index (χ3v) is 4.30. The van der Waals surface area contributed by atoms with Gasteiger partial charge in [0.05, 0.1) is 18.7 Å². The maximum absolute atomic E-state index is 13.1. The van der Waals surface area contributed by atoms with Crippen molar-refractivity contribution >= 4 is 28.5 Å². The Morgan fingerprint density at radius 3 is 2.50 bits per heavy atom. The number of nitrogens with one attached hydrogen (secondary N) is 1. The summed E-state index contributed by atoms with van der Waals surface area (Å²) < 4.78 is 18.9. The van der Waals surface area contributed by atoms with Crippen LogP contribution in [0.1, 0.15) is 35.3 Å².